The van der Waals surface area contributed by atoms with Gasteiger partial charge >= 0.3 is 29.6 Å². The molecule has 0 amide bonds. The standard InChI is InChI=1S/C26H22O3S.Na/c27-26(28)15-14-20-10-4-5-12-23(20)25-16-21(18-30-25)22-11-6-7-13-24(22)29-17-19-8-2-1-3-9-19;/h1-13,16,18H,14-15,17H2,(H,27,28);/q;+1/p-1. The third-order valence-electron chi connectivity index (χ3n) is 4.92. The van der Waals surface area contributed by atoms with Crippen molar-refractivity contribution >= 4 is 17.3 Å². The summed E-state index contributed by atoms with van der Waals surface area (Å²) in [4.78, 5) is 12.0. The largest absolute Gasteiger partial charge is 1.00 e. The molecule has 0 saturated heterocycles. The van der Waals surface area contributed by atoms with Crippen LogP contribution >= 0.6 is 11.3 Å². The van der Waals surface area contributed by atoms with E-state index >= 15 is 0 Å². The van der Waals surface area contributed by atoms with Crippen LogP contribution in [0.5, 0.6) is 5.75 Å². The number of aliphatic carboxylic acids is 1. The average molecular weight is 437 g/mol. The Hall–Kier alpha value is -2.37. The first kappa shape index (κ1) is 23.3. The Labute approximate surface area is 208 Å². The number of aryl methyl sites for hydroxylation is 1. The second-order valence-electron chi connectivity index (χ2n) is 7.00. The van der Waals surface area contributed by atoms with E-state index in [1.807, 2.05) is 60.7 Å². The molecular weight excluding hydrogens is 415 g/mol. The number of carboxylic acid groups (broad SMARTS) is 1. The Morgan fingerprint density at radius 2 is 1.55 bits per heavy atom. The Balaban J connectivity index is 0.00000272. The topological polar surface area (TPSA) is 49.4 Å². The molecule has 0 aliphatic heterocycles. The minimum absolute atomic E-state index is 0. The van der Waals surface area contributed by atoms with Gasteiger partial charge in [0.05, 0.1) is 0 Å². The molecule has 31 heavy (non-hydrogen) atoms. The predicted octanol–water partition coefficient (Wildman–Crippen LogP) is 2.35. The second-order valence-corrected chi connectivity index (χ2v) is 7.91. The first-order valence-corrected chi connectivity index (χ1v) is 10.7. The maximum Gasteiger partial charge on any atom is 1.00 e. The number of rotatable bonds is 8. The van der Waals surface area contributed by atoms with Gasteiger partial charge in [0.1, 0.15) is 12.4 Å². The molecule has 0 saturated carbocycles. The number of hydrogen-bond acceptors (Lipinski definition) is 4. The van der Waals surface area contributed by atoms with Crippen LogP contribution in [-0.4, -0.2) is 5.97 Å². The van der Waals surface area contributed by atoms with Gasteiger partial charge in [-0.1, -0.05) is 72.8 Å². The van der Waals surface area contributed by atoms with E-state index < -0.39 is 5.97 Å². The zero-order valence-corrected chi connectivity index (χ0v) is 20.2. The number of hydrogen-bond donors (Lipinski definition) is 0. The van der Waals surface area contributed by atoms with Crippen LogP contribution in [0.1, 0.15) is 17.5 Å². The summed E-state index contributed by atoms with van der Waals surface area (Å²) in [6.07, 6.45) is 0.480. The third kappa shape index (κ3) is 6.08. The van der Waals surface area contributed by atoms with Crippen molar-refractivity contribution in [2.45, 2.75) is 19.4 Å². The summed E-state index contributed by atoms with van der Waals surface area (Å²) in [6, 6.07) is 28.2. The molecule has 0 atom stereocenters. The number of carbonyl (C=O) groups is 1. The van der Waals surface area contributed by atoms with Crippen LogP contribution in [0.15, 0.2) is 90.3 Å². The molecule has 0 N–H and O–H groups in total. The quantitative estimate of drug-likeness (QED) is 0.399. The molecule has 0 bridgehead atoms. The van der Waals surface area contributed by atoms with Crippen molar-refractivity contribution in [1.82, 2.24) is 0 Å². The van der Waals surface area contributed by atoms with Crippen molar-refractivity contribution in [2.24, 2.45) is 0 Å². The van der Waals surface area contributed by atoms with Crippen molar-refractivity contribution < 1.29 is 44.2 Å². The Morgan fingerprint density at radius 1 is 0.871 bits per heavy atom. The van der Waals surface area contributed by atoms with Crippen LogP contribution in [0.2, 0.25) is 0 Å². The smallest absolute Gasteiger partial charge is 0.550 e. The van der Waals surface area contributed by atoms with E-state index in [4.69, 9.17) is 4.74 Å². The molecule has 0 aliphatic rings. The van der Waals surface area contributed by atoms with E-state index in [2.05, 4.69) is 29.6 Å². The SMILES string of the molecule is O=C([O-])CCc1ccccc1-c1cc(-c2ccccc2OCc2ccccc2)cs1.[Na+]. The van der Waals surface area contributed by atoms with Crippen LogP contribution in [0.4, 0.5) is 0 Å². The van der Waals surface area contributed by atoms with Crippen molar-refractivity contribution in [3.05, 3.63) is 101 Å². The summed E-state index contributed by atoms with van der Waals surface area (Å²) in [5.74, 6) is -0.183. The fourth-order valence-corrected chi connectivity index (χ4v) is 4.37. The molecule has 0 unspecified atom stereocenters. The molecule has 0 aliphatic carbocycles. The van der Waals surface area contributed by atoms with E-state index in [1.54, 1.807) is 11.3 Å². The third-order valence-corrected chi connectivity index (χ3v) is 5.88. The van der Waals surface area contributed by atoms with Crippen molar-refractivity contribution in [3.63, 3.8) is 0 Å². The zero-order valence-electron chi connectivity index (χ0n) is 17.4. The molecule has 3 aromatic carbocycles. The predicted molar refractivity (Wildman–Crippen MR) is 119 cm³/mol. The van der Waals surface area contributed by atoms with E-state index in [-0.39, 0.29) is 36.0 Å². The molecule has 150 valence electrons. The summed E-state index contributed by atoms with van der Waals surface area (Å²) >= 11 is 1.65. The van der Waals surface area contributed by atoms with Crippen LogP contribution in [0, 0.1) is 0 Å². The van der Waals surface area contributed by atoms with Gasteiger partial charge < -0.3 is 14.6 Å². The molecule has 5 heteroatoms. The normalized spacial score (nSPS) is 10.3. The van der Waals surface area contributed by atoms with Crippen molar-refractivity contribution in [2.75, 3.05) is 0 Å². The summed E-state index contributed by atoms with van der Waals surface area (Å²) < 4.78 is 6.11. The van der Waals surface area contributed by atoms with Crippen LogP contribution in [0.25, 0.3) is 21.6 Å². The zero-order chi connectivity index (χ0) is 20.8. The van der Waals surface area contributed by atoms with E-state index in [9.17, 15) is 9.90 Å². The molecule has 1 heterocycles. The maximum absolute atomic E-state index is 10.9. The van der Waals surface area contributed by atoms with Gasteiger partial charge in [0, 0.05) is 16.4 Å². The number of carboxylic acids is 1. The maximum atomic E-state index is 10.9. The monoisotopic (exact) mass is 436 g/mol. The van der Waals surface area contributed by atoms with Gasteiger partial charge in [0.2, 0.25) is 0 Å². The minimum Gasteiger partial charge on any atom is -0.550 e. The van der Waals surface area contributed by atoms with E-state index in [0.29, 0.717) is 13.0 Å². The molecule has 1 aromatic heterocycles. The van der Waals surface area contributed by atoms with Gasteiger partial charge in [-0.05, 0) is 52.6 Å². The van der Waals surface area contributed by atoms with Gasteiger partial charge in [-0.25, -0.2) is 0 Å². The molecule has 4 rings (SSSR count). The van der Waals surface area contributed by atoms with E-state index in [0.717, 1.165) is 38.4 Å². The molecular formula is C26H21NaO3S. The first-order valence-electron chi connectivity index (χ1n) is 9.83. The van der Waals surface area contributed by atoms with Gasteiger partial charge in [-0.2, -0.15) is 0 Å². The average Bonchev–Trinajstić information content (AvgIpc) is 3.27. The number of benzene rings is 3. The summed E-state index contributed by atoms with van der Waals surface area (Å²) in [5, 5.41) is 13.0. The fraction of sp³-hybridized carbons (Fsp3) is 0.115. The summed E-state index contributed by atoms with van der Waals surface area (Å²) in [5.41, 5.74) is 5.35. The molecule has 4 aromatic rings. The van der Waals surface area contributed by atoms with Gasteiger partial charge in [-0.3, -0.25) is 0 Å². The number of para-hydroxylation sites is 1. The Bertz CT molecular complexity index is 1140. The number of thiophene rings is 1. The number of ether oxygens (including phenoxy) is 1. The van der Waals surface area contributed by atoms with Crippen LogP contribution in [-0.2, 0) is 17.8 Å². The molecule has 0 radical (unpaired) electrons. The van der Waals surface area contributed by atoms with Crippen molar-refractivity contribution in [1.29, 1.82) is 0 Å². The van der Waals surface area contributed by atoms with Crippen LogP contribution in [0.3, 0.4) is 0 Å². The molecule has 0 fully saturated rings. The second kappa shape index (κ2) is 11.3. The van der Waals surface area contributed by atoms with Gasteiger partial charge in [0.25, 0.3) is 0 Å². The molecule has 0 spiro atoms. The Morgan fingerprint density at radius 3 is 2.32 bits per heavy atom. The van der Waals surface area contributed by atoms with E-state index in [1.165, 1.54) is 0 Å². The minimum atomic E-state index is -1.03. The molecule has 3 nitrogen and oxygen atoms in total. The first-order chi connectivity index (χ1) is 14.7. The van der Waals surface area contributed by atoms with Gasteiger partial charge in [0.15, 0.2) is 0 Å². The number of carbonyl (C=O) groups excluding carboxylic acids is 1. The summed E-state index contributed by atoms with van der Waals surface area (Å²) in [6.45, 7) is 0.515. The van der Waals surface area contributed by atoms with Crippen LogP contribution < -0.4 is 39.4 Å². The van der Waals surface area contributed by atoms with Gasteiger partial charge in [-0.15, -0.1) is 11.3 Å². The summed E-state index contributed by atoms with van der Waals surface area (Å²) in [7, 11) is 0. The fourth-order valence-electron chi connectivity index (χ4n) is 3.40. The van der Waals surface area contributed by atoms with Crippen molar-refractivity contribution in [3.8, 4) is 27.3 Å². The Kier molecular flexibility index (Phi) is 8.50.